The van der Waals surface area contributed by atoms with Crippen LogP contribution in [0, 0.1) is 17.3 Å². The smallest absolute Gasteiger partial charge is 0.0723 e. The van der Waals surface area contributed by atoms with E-state index in [0.29, 0.717) is 11.8 Å². The Labute approximate surface area is 107 Å². The fraction of sp³-hybridized carbons (Fsp3) is 1.00. The normalized spacial score (nSPS) is 37.1. The molecule has 4 N–H and O–H groups in total. The Morgan fingerprint density at radius 1 is 0.941 bits per heavy atom. The van der Waals surface area contributed by atoms with Crippen LogP contribution in [0.25, 0.3) is 0 Å². The van der Waals surface area contributed by atoms with Crippen LogP contribution in [0.3, 0.4) is 0 Å². The van der Waals surface area contributed by atoms with Crippen molar-refractivity contribution in [2.45, 2.75) is 77.3 Å². The van der Waals surface area contributed by atoms with Gasteiger partial charge in [0.1, 0.15) is 0 Å². The summed E-state index contributed by atoms with van der Waals surface area (Å²) in [5, 5.41) is 0. The average Bonchev–Trinajstić information content (AvgIpc) is 2.34. The van der Waals surface area contributed by atoms with Crippen molar-refractivity contribution < 1.29 is 0 Å². The summed E-state index contributed by atoms with van der Waals surface area (Å²) in [4.78, 5) is 0. The minimum atomic E-state index is -0.451. The zero-order valence-electron chi connectivity index (χ0n) is 11.7. The van der Waals surface area contributed by atoms with E-state index in [-0.39, 0.29) is 5.41 Å². The monoisotopic (exact) mass is 238 g/mol. The maximum absolute atomic E-state index is 6.67. The first-order chi connectivity index (χ1) is 7.98. The zero-order chi connectivity index (χ0) is 12.5. The van der Waals surface area contributed by atoms with E-state index in [9.17, 15) is 0 Å². The molecule has 2 unspecified atom stereocenters. The molecule has 0 heterocycles. The molecule has 0 spiro atoms. The van der Waals surface area contributed by atoms with Crippen LogP contribution >= 0.6 is 0 Å². The second kappa shape index (κ2) is 4.89. The quantitative estimate of drug-likeness (QED) is 0.724. The first kappa shape index (κ1) is 13.4. The first-order valence-corrected chi connectivity index (χ1v) is 7.56. The molecule has 100 valence electrons. The molecule has 0 aliphatic heterocycles. The average molecular weight is 238 g/mol. The molecule has 2 saturated carbocycles. The summed E-state index contributed by atoms with van der Waals surface area (Å²) in [5.74, 6) is 1.22. The fourth-order valence-corrected chi connectivity index (χ4v) is 4.20. The maximum Gasteiger partial charge on any atom is 0.0723 e. The Bertz CT molecular complexity index is 256. The van der Waals surface area contributed by atoms with E-state index >= 15 is 0 Å². The van der Waals surface area contributed by atoms with Gasteiger partial charge in [0.15, 0.2) is 0 Å². The molecule has 0 aromatic rings. The highest BCUT2D eigenvalue weighted by atomic mass is 15.0. The van der Waals surface area contributed by atoms with Crippen LogP contribution in [-0.2, 0) is 0 Å². The Balaban J connectivity index is 2.16. The molecule has 0 amide bonds. The third kappa shape index (κ3) is 2.26. The molecular weight excluding hydrogens is 208 g/mol. The summed E-state index contributed by atoms with van der Waals surface area (Å²) in [7, 11) is 0. The molecule has 2 heteroatoms. The number of hydrogen-bond acceptors (Lipinski definition) is 2. The molecule has 2 aliphatic carbocycles. The van der Waals surface area contributed by atoms with Gasteiger partial charge in [0.05, 0.1) is 5.66 Å². The third-order valence-corrected chi connectivity index (χ3v) is 5.94. The first-order valence-electron chi connectivity index (χ1n) is 7.56. The van der Waals surface area contributed by atoms with Crippen LogP contribution in [-0.4, -0.2) is 5.66 Å². The molecule has 17 heavy (non-hydrogen) atoms. The van der Waals surface area contributed by atoms with Gasteiger partial charge in [-0.05, 0) is 31.1 Å². The molecule has 0 radical (unpaired) electrons. The van der Waals surface area contributed by atoms with E-state index in [0.717, 1.165) is 0 Å². The van der Waals surface area contributed by atoms with Gasteiger partial charge in [-0.25, -0.2) is 0 Å². The predicted molar refractivity (Wildman–Crippen MR) is 73.4 cm³/mol. The molecule has 2 atom stereocenters. The van der Waals surface area contributed by atoms with Crippen molar-refractivity contribution in [1.82, 2.24) is 0 Å². The highest BCUT2D eigenvalue weighted by molar-refractivity contribution is 5.04. The molecule has 2 rings (SSSR count). The number of hydrogen-bond donors (Lipinski definition) is 2. The van der Waals surface area contributed by atoms with Crippen LogP contribution in [0.5, 0.6) is 0 Å². The topological polar surface area (TPSA) is 52.0 Å². The summed E-state index contributed by atoms with van der Waals surface area (Å²) in [5.41, 5.74) is 13.0. The molecule has 0 aromatic carbocycles. The molecule has 0 saturated heterocycles. The van der Waals surface area contributed by atoms with Crippen LogP contribution < -0.4 is 11.5 Å². The lowest BCUT2D eigenvalue weighted by atomic mass is 9.57. The zero-order valence-corrected chi connectivity index (χ0v) is 11.7. The van der Waals surface area contributed by atoms with Gasteiger partial charge in [-0.15, -0.1) is 0 Å². The molecule has 2 aliphatic rings. The number of rotatable bonds is 2. The summed E-state index contributed by atoms with van der Waals surface area (Å²) < 4.78 is 0. The third-order valence-electron chi connectivity index (χ3n) is 5.94. The molecule has 0 bridgehead atoms. The van der Waals surface area contributed by atoms with E-state index in [4.69, 9.17) is 11.5 Å². The minimum absolute atomic E-state index is 0.146. The predicted octanol–water partition coefficient (Wildman–Crippen LogP) is 3.40. The van der Waals surface area contributed by atoms with Gasteiger partial charge in [0, 0.05) is 5.41 Å². The van der Waals surface area contributed by atoms with Crippen molar-refractivity contribution in [3.8, 4) is 0 Å². The van der Waals surface area contributed by atoms with Gasteiger partial charge in [0.2, 0.25) is 0 Å². The van der Waals surface area contributed by atoms with E-state index in [1.54, 1.807) is 0 Å². The molecule has 2 nitrogen and oxygen atoms in total. The Morgan fingerprint density at radius 3 is 2.12 bits per heavy atom. The van der Waals surface area contributed by atoms with Crippen molar-refractivity contribution in [1.29, 1.82) is 0 Å². The number of nitrogens with two attached hydrogens (primary N) is 2. The SMILES string of the molecule is CC1CCCCC1(C)C(N)(N)C1CCCCC1. The van der Waals surface area contributed by atoms with Crippen LogP contribution in [0.2, 0.25) is 0 Å². The van der Waals surface area contributed by atoms with Gasteiger partial charge >= 0.3 is 0 Å². The van der Waals surface area contributed by atoms with Crippen LogP contribution in [0.15, 0.2) is 0 Å². The highest BCUT2D eigenvalue weighted by Gasteiger charge is 2.50. The van der Waals surface area contributed by atoms with Crippen LogP contribution in [0.1, 0.15) is 71.6 Å². The second-order valence-corrected chi connectivity index (χ2v) is 6.83. The van der Waals surface area contributed by atoms with Gasteiger partial charge in [-0.3, -0.25) is 0 Å². The van der Waals surface area contributed by atoms with Crippen molar-refractivity contribution in [2.24, 2.45) is 28.7 Å². The van der Waals surface area contributed by atoms with Gasteiger partial charge in [-0.2, -0.15) is 0 Å². The highest BCUT2D eigenvalue weighted by Crippen LogP contribution is 2.50. The Hall–Kier alpha value is -0.0800. The summed E-state index contributed by atoms with van der Waals surface area (Å²) in [6.45, 7) is 4.71. The molecule has 0 aromatic heterocycles. The molecular formula is C15H30N2. The standard InChI is InChI=1S/C15H30N2/c1-12-8-6-7-11-14(12,2)15(16,17)13-9-4-3-5-10-13/h12-13H,3-11,16-17H2,1-2H3. The van der Waals surface area contributed by atoms with Crippen molar-refractivity contribution in [3.05, 3.63) is 0 Å². The van der Waals surface area contributed by atoms with E-state index in [2.05, 4.69) is 13.8 Å². The molecule has 2 fully saturated rings. The maximum atomic E-state index is 6.67. The van der Waals surface area contributed by atoms with Gasteiger partial charge < -0.3 is 11.5 Å². The van der Waals surface area contributed by atoms with E-state index < -0.39 is 5.66 Å². The lowest BCUT2D eigenvalue weighted by Gasteiger charge is -2.54. The minimum Gasteiger partial charge on any atom is -0.313 e. The lowest BCUT2D eigenvalue weighted by Crippen LogP contribution is -2.68. The Morgan fingerprint density at radius 2 is 1.53 bits per heavy atom. The summed E-state index contributed by atoms with van der Waals surface area (Å²) >= 11 is 0. The van der Waals surface area contributed by atoms with Crippen LogP contribution in [0.4, 0.5) is 0 Å². The van der Waals surface area contributed by atoms with Gasteiger partial charge in [0.25, 0.3) is 0 Å². The summed E-state index contributed by atoms with van der Waals surface area (Å²) in [6, 6.07) is 0. The van der Waals surface area contributed by atoms with Crippen molar-refractivity contribution >= 4 is 0 Å². The van der Waals surface area contributed by atoms with Gasteiger partial charge in [-0.1, -0.05) is 52.4 Å². The van der Waals surface area contributed by atoms with E-state index in [1.165, 1.54) is 57.8 Å². The lowest BCUT2D eigenvalue weighted by molar-refractivity contribution is -0.0145. The van der Waals surface area contributed by atoms with Crippen molar-refractivity contribution in [2.75, 3.05) is 0 Å². The largest absolute Gasteiger partial charge is 0.313 e. The Kier molecular flexibility index (Phi) is 3.84. The van der Waals surface area contributed by atoms with Crippen molar-refractivity contribution in [3.63, 3.8) is 0 Å². The fourth-order valence-electron chi connectivity index (χ4n) is 4.20. The van der Waals surface area contributed by atoms with E-state index in [1.807, 2.05) is 0 Å². The second-order valence-electron chi connectivity index (χ2n) is 6.83. The summed E-state index contributed by atoms with van der Waals surface area (Å²) in [6.07, 6.45) is 11.7.